The zero-order valence-electron chi connectivity index (χ0n) is 26.6. The van der Waals surface area contributed by atoms with Gasteiger partial charge >= 0.3 is 18.2 Å². The summed E-state index contributed by atoms with van der Waals surface area (Å²) >= 11 is 0. The minimum absolute atomic E-state index is 0. The predicted molar refractivity (Wildman–Crippen MR) is 163 cm³/mol. The summed E-state index contributed by atoms with van der Waals surface area (Å²) in [6, 6.07) is -1.31. The smallest absolute Gasteiger partial charge is 0.420 e. The van der Waals surface area contributed by atoms with Gasteiger partial charge in [-0.15, -0.1) is 0 Å². The second-order valence-electron chi connectivity index (χ2n) is 14.6. The van der Waals surface area contributed by atoms with E-state index < -0.39 is 42.7 Å². The van der Waals surface area contributed by atoms with E-state index in [0.29, 0.717) is 17.0 Å². The monoisotopic (exact) mass is 709 g/mol. The fraction of sp³-hybridized carbons (Fsp3) is 0.906. The number of carboxylic acids is 1. The minimum atomic E-state index is -1.59. The second kappa shape index (κ2) is 15.9. The van der Waals surface area contributed by atoms with Crippen molar-refractivity contribution >= 4 is 25.4 Å². The first-order chi connectivity index (χ1) is 18.7. The number of carbonyl (C=O) groups excluding carboxylic acids is 2. The van der Waals surface area contributed by atoms with Crippen LogP contribution in [0.1, 0.15) is 144 Å². The third kappa shape index (κ3) is 10.2. The first kappa shape index (κ1) is 36.6. The van der Waals surface area contributed by atoms with Gasteiger partial charge < -0.3 is 38.6 Å². The van der Waals surface area contributed by atoms with Gasteiger partial charge in [-0.05, 0) is 119 Å². The third-order valence-electron chi connectivity index (χ3n) is 9.33. The molecule has 9 heteroatoms. The molecule has 0 heterocycles. The van der Waals surface area contributed by atoms with Gasteiger partial charge in [0.05, 0.1) is 23.1 Å². The van der Waals surface area contributed by atoms with Crippen molar-refractivity contribution < 1.29 is 52.9 Å². The van der Waals surface area contributed by atoms with E-state index in [1.54, 1.807) is 41.5 Å². The van der Waals surface area contributed by atoms with Crippen LogP contribution in [0.25, 0.3) is 0 Å². The number of imide groups is 1. The Morgan fingerprint density at radius 3 is 1.27 bits per heavy atom. The van der Waals surface area contributed by atoms with Crippen LogP contribution in [0, 0.1) is 0 Å². The standard InChI is InChI=1S/C32H56NO6P.HI/c1-31(2,3)38-29(36)33(30(37)39-32(4,5)6)27(28(34)35)22-23-40(24-16-10-7-11-17-24,25-18-12-8-13-19-25)26-20-14-9-15-21-26;/h24-27H,7-23H2,1-6H3;1H. The maximum atomic E-state index is 13.4. The van der Waals surface area contributed by atoms with Crippen molar-refractivity contribution in [1.82, 2.24) is 4.90 Å². The van der Waals surface area contributed by atoms with Crippen molar-refractivity contribution in [2.45, 2.75) is 178 Å². The molecular weight excluding hydrogens is 652 g/mol. The first-order valence-electron chi connectivity index (χ1n) is 16.1. The molecule has 3 rings (SSSR count). The zero-order valence-corrected chi connectivity index (χ0v) is 29.6. The van der Waals surface area contributed by atoms with E-state index in [1.165, 1.54) is 96.3 Å². The van der Waals surface area contributed by atoms with Gasteiger partial charge in [-0.3, -0.25) is 0 Å². The van der Waals surface area contributed by atoms with E-state index in [9.17, 15) is 19.5 Å². The number of nitrogens with zero attached hydrogens (tertiary/aromatic N) is 1. The lowest BCUT2D eigenvalue weighted by Crippen LogP contribution is -3.00. The van der Waals surface area contributed by atoms with Crippen molar-refractivity contribution in [3.63, 3.8) is 0 Å². The number of rotatable bonds is 8. The topological polar surface area (TPSA) is 93.1 Å². The molecule has 0 aromatic rings. The van der Waals surface area contributed by atoms with Gasteiger partial charge in [0.15, 0.2) is 0 Å². The largest absolute Gasteiger partial charge is 1.00 e. The summed E-state index contributed by atoms with van der Waals surface area (Å²) in [6.07, 6.45) is 18.4. The maximum absolute atomic E-state index is 13.4. The molecule has 2 amide bonds. The quantitative estimate of drug-likeness (QED) is 0.245. The van der Waals surface area contributed by atoms with Crippen LogP contribution in [0.4, 0.5) is 9.59 Å². The number of aliphatic carboxylic acids is 1. The fourth-order valence-electron chi connectivity index (χ4n) is 7.79. The summed E-state index contributed by atoms with van der Waals surface area (Å²) in [7, 11) is -1.59. The Hall–Kier alpha value is -0.630. The van der Waals surface area contributed by atoms with Crippen molar-refractivity contribution in [3.8, 4) is 0 Å². The van der Waals surface area contributed by atoms with E-state index >= 15 is 0 Å². The molecule has 0 saturated heterocycles. The molecule has 0 radical (unpaired) electrons. The van der Waals surface area contributed by atoms with E-state index in [0.717, 1.165) is 11.1 Å². The lowest BCUT2D eigenvalue weighted by Gasteiger charge is -2.49. The number of carboxylic acid groups (broad SMARTS) is 1. The molecule has 1 unspecified atom stereocenters. The van der Waals surface area contributed by atoms with Gasteiger partial charge in [-0.1, -0.05) is 19.3 Å². The van der Waals surface area contributed by atoms with Gasteiger partial charge in [0.1, 0.15) is 17.2 Å². The first-order valence-corrected chi connectivity index (χ1v) is 18.3. The van der Waals surface area contributed by atoms with Crippen molar-refractivity contribution in [1.29, 1.82) is 0 Å². The zero-order chi connectivity index (χ0) is 29.6. The molecule has 0 aliphatic heterocycles. The SMILES string of the molecule is CC(C)(C)OC(=O)N(C(=O)OC(C)(C)C)C(CC[P+](C1CCCCC1)(C1CCCCC1)C1CCCCC1)C(=O)O.[I-]. The molecule has 3 saturated carbocycles. The summed E-state index contributed by atoms with van der Waals surface area (Å²) in [6.45, 7) is 10.3. The summed E-state index contributed by atoms with van der Waals surface area (Å²) in [5, 5.41) is 10.5. The van der Waals surface area contributed by atoms with Crippen molar-refractivity contribution in [2.75, 3.05) is 6.16 Å². The molecule has 41 heavy (non-hydrogen) atoms. The molecule has 3 fully saturated rings. The van der Waals surface area contributed by atoms with Crippen LogP contribution in [-0.4, -0.2) is 68.5 Å². The van der Waals surface area contributed by atoms with Crippen LogP contribution in [-0.2, 0) is 14.3 Å². The average Bonchev–Trinajstić information content (AvgIpc) is 2.88. The number of ether oxygens (including phenoxy) is 2. The van der Waals surface area contributed by atoms with E-state index in [1.807, 2.05) is 0 Å². The van der Waals surface area contributed by atoms with E-state index in [4.69, 9.17) is 9.47 Å². The number of amides is 2. The number of hydrogen-bond acceptors (Lipinski definition) is 5. The van der Waals surface area contributed by atoms with Crippen molar-refractivity contribution in [3.05, 3.63) is 0 Å². The highest BCUT2D eigenvalue weighted by Crippen LogP contribution is 2.77. The van der Waals surface area contributed by atoms with Gasteiger partial charge in [0.2, 0.25) is 0 Å². The molecule has 3 aliphatic carbocycles. The Kier molecular flexibility index (Phi) is 14.2. The molecule has 0 aromatic heterocycles. The minimum Gasteiger partial charge on any atom is -1.00 e. The molecule has 7 nitrogen and oxygen atoms in total. The lowest BCUT2D eigenvalue weighted by molar-refractivity contribution is -0.143. The number of halogens is 1. The molecule has 0 aromatic carbocycles. The highest BCUT2D eigenvalue weighted by molar-refractivity contribution is 7.77. The van der Waals surface area contributed by atoms with Gasteiger partial charge in [0.25, 0.3) is 0 Å². The summed E-state index contributed by atoms with van der Waals surface area (Å²) in [5.74, 6) is -1.16. The molecule has 238 valence electrons. The summed E-state index contributed by atoms with van der Waals surface area (Å²) in [5.41, 5.74) is 0.336. The van der Waals surface area contributed by atoms with Crippen LogP contribution in [0.2, 0.25) is 0 Å². The maximum Gasteiger partial charge on any atom is 0.420 e. The summed E-state index contributed by atoms with van der Waals surface area (Å²) in [4.78, 5) is 40.5. The lowest BCUT2D eigenvalue weighted by atomic mass is 9.99. The Bertz CT molecular complexity index is 778. The van der Waals surface area contributed by atoms with E-state index in [2.05, 4.69) is 0 Å². The van der Waals surface area contributed by atoms with E-state index in [-0.39, 0.29) is 30.4 Å². The fourth-order valence-corrected chi connectivity index (χ4v) is 15.3. The Balaban J connectivity index is 0.00000588. The number of carbonyl (C=O) groups is 3. The normalized spacial score (nSPS) is 20.9. The third-order valence-corrected chi connectivity index (χ3v) is 16.0. The Morgan fingerprint density at radius 1 is 0.683 bits per heavy atom. The molecule has 0 bridgehead atoms. The van der Waals surface area contributed by atoms with Gasteiger partial charge in [-0.2, -0.15) is 4.90 Å². The summed E-state index contributed by atoms with van der Waals surface area (Å²) < 4.78 is 11.2. The van der Waals surface area contributed by atoms with Crippen LogP contribution < -0.4 is 24.0 Å². The van der Waals surface area contributed by atoms with Crippen molar-refractivity contribution in [2.24, 2.45) is 0 Å². The van der Waals surface area contributed by atoms with Crippen LogP contribution in [0.5, 0.6) is 0 Å². The molecule has 1 atom stereocenters. The molecular formula is C32H57INO6P. The van der Waals surface area contributed by atoms with Crippen LogP contribution >= 0.6 is 7.26 Å². The second-order valence-corrected chi connectivity index (χ2v) is 19.2. The predicted octanol–water partition coefficient (Wildman–Crippen LogP) is 6.02. The van der Waals surface area contributed by atoms with Crippen LogP contribution in [0.3, 0.4) is 0 Å². The van der Waals surface area contributed by atoms with Crippen LogP contribution in [0.15, 0.2) is 0 Å². The highest BCUT2D eigenvalue weighted by Gasteiger charge is 2.57. The molecule has 0 spiro atoms. The molecule has 3 aliphatic rings. The van der Waals surface area contributed by atoms with Gasteiger partial charge in [-0.25, -0.2) is 14.4 Å². The highest BCUT2D eigenvalue weighted by atomic mass is 127. The Labute approximate surface area is 267 Å². The molecule has 1 N–H and O–H groups in total. The van der Waals surface area contributed by atoms with Gasteiger partial charge in [0, 0.05) is 13.7 Å². The average molecular weight is 710 g/mol. The number of hydrogen-bond donors (Lipinski definition) is 1. The Morgan fingerprint density at radius 2 is 1.00 bits per heavy atom.